The average molecular weight is 493 g/mol. The molecule has 0 aliphatic rings. The lowest BCUT2D eigenvalue weighted by Gasteiger charge is -2.33. The fraction of sp³-hybridized carbons (Fsp3) is 0. The van der Waals surface area contributed by atoms with Gasteiger partial charge in [-0.3, -0.25) is 19.9 Å². The molecule has 4 nitrogen and oxygen atoms in total. The third-order valence-electron chi connectivity index (χ3n) is 6.61. The van der Waals surface area contributed by atoms with Crippen LogP contribution in [0.1, 0.15) is 0 Å². The Morgan fingerprint density at radius 2 is 0.973 bits per heavy atom. The molecule has 5 heteroatoms. The van der Waals surface area contributed by atoms with E-state index in [0.29, 0.717) is 0 Å². The van der Waals surface area contributed by atoms with Gasteiger partial charge in [-0.1, -0.05) is 78.9 Å². The van der Waals surface area contributed by atoms with Crippen LogP contribution < -0.4 is 21.1 Å². The maximum absolute atomic E-state index is 5.15. The predicted octanol–water partition coefficient (Wildman–Crippen LogP) is 3.98. The number of aromatic nitrogens is 4. The minimum atomic E-state index is -3.13. The van der Waals surface area contributed by atoms with Gasteiger partial charge in [-0.25, -0.2) is 0 Å². The first-order valence-electron chi connectivity index (χ1n) is 12.2. The summed E-state index contributed by atoms with van der Waals surface area (Å²) in [5, 5.41) is 4.12. The molecule has 0 aliphatic carbocycles. The Labute approximate surface area is 217 Å². The zero-order valence-corrected chi connectivity index (χ0v) is 21.1. The van der Waals surface area contributed by atoms with Gasteiger partial charge in [-0.2, -0.15) is 0 Å². The fourth-order valence-corrected chi connectivity index (χ4v) is 9.68. The molecule has 0 aliphatic heterocycles. The van der Waals surface area contributed by atoms with E-state index < -0.39 is 8.07 Å². The Morgan fingerprint density at radius 3 is 1.62 bits per heavy atom. The standard InChI is InChI=1S/C32H24N4Si/c1-3-13-25(14-4-1)27-17-11-23-35-31(27)37(26-15-5-2-6-16-26,30-20-8-10-22-34-30)32-28(18-12-24-36-32)29-19-7-9-21-33-29/h1-24H. The van der Waals surface area contributed by atoms with Crippen molar-refractivity contribution in [2.24, 2.45) is 0 Å². The van der Waals surface area contributed by atoms with Crippen LogP contribution in [-0.4, -0.2) is 28.0 Å². The molecule has 1 atom stereocenters. The molecule has 4 aromatic heterocycles. The molecular formula is C32H24N4Si. The fourth-order valence-electron chi connectivity index (χ4n) is 5.04. The second kappa shape index (κ2) is 10.1. The highest BCUT2D eigenvalue weighted by Crippen LogP contribution is 2.22. The minimum absolute atomic E-state index is 0.881. The first-order chi connectivity index (χ1) is 18.4. The van der Waals surface area contributed by atoms with E-state index >= 15 is 0 Å². The molecule has 37 heavy (non-hydrogen) atoms. The summed E-state index contributed by atoms with van der Waals surface area (Å²) in [6.45, 7) is 0. The molecule has 0 saturated heterocycles. The maximum Gasteiger partial charge on any atom is 0.245 e. The van der Waals surface area contributed by atoms with E-state index in [1.807, 2.05) is 67.3 Å². The van der Waals surface area contributed by atoms with Crippen molar-refractivity contribution < 1.29 is 0 Å². The number of hydrogen-bond acceptors (Lipinski definition) is 4. The number of rotatable bonds is 6. The largest absolute Gasteiger partial charge is 0.265 e. The Hall–Kier alpha value is -4.74. The summed E-state index contributed by atoms with van der Waals surface area (Å²) in [6, 6.07) is 41.5. The van der Waals surface area contributed by atoms with Crippen LogP contribution in [0, 0.1) is 0 Å². The van der Waals surface area contributed by atoms with E-state index in [9.17, 15) is 0 Å². The van der Waals surface area contributed by atoms with Crippen LogP contribution in [0.5, 0.6) is 0 Å². The number of pyridine rings is 4. The van der Waals surface area contributed by atoms with Crippen molar-refractivity contribution in [3.63, 3.8) is 0 Å². The van der Waals surface area contributed by atoms with Crippen molar-refractivity contribution in [3.8, 4) is 22.4 Å². The molecule has 0 spiro atoms. The van der Waals surface area contributed by atoms with Crippen molar-refractivity contribution in [2.75, 3.05) is 0 Å². The quantitative estimate of drug-likeness (QED) is 0.330. The van der Waals surface area contributed by atoms with Crippen LogP contribution in [0.3, 0.4) is 0 Å². The second-order valence-electron chi connectivity index (χ2n) is 8.71. The average Bonchev–Trinajstić information content (AvgIpc) is 3.00. The first-order valence-corrected chi connectivity index (χ1v) is 14.2. The summed E-state index contributed by atoms with van der Waals surface area (Å²) in [6.07, 6.45) is 7.46. The van der Waals surface area contributed by atoms with Crippen LogP contribution in [0.15, 0.2) is 146 Å². The van der Waals surface area contributed by atoms with E-state index in [4.69, 9.17) is 19.9 Å². The normalized spacial score (nSPS) is 12.5. The van der Waals surface area contributed by atoms with Gasteiger partial charge < -0.3 is 0 Å². The highest BCUT2D eigenvalue weighted by atomic mass is 28.3. The molecule has 0 saturated carbocycles. The second-order valence-corrected chi connectivity index (χ2v) is 12.2. The monoisotopic (exact) mass is 492 g/mol. The van der Waals surface area contributed by atoms with Crippen molar-refractivity contribution in [3.05, 3.63) is 146 Å². The summed E-state index contributed by atoms with van der Waals surface area (Å²) in [5.41, 5.74) is 4.08. The Morgan fingerprint density at radius 1 is 0.405 bits per heavy atom. The summed E-state index contributed by atoms with van der Waals surface area (Å²) < 4.78 is 0. The molecule has 6 aromatic rings. The van der Waals surface area contributed by atoms with Gasteiger partial charge in [0, 0.05) is 41.2 Å². The van der Waals surface area contributed by atoms with Crippen molar-refractivity contribution in [2.45, 2.75) is 0 Å². The lowest BCUT2D eigenvalue weighted by Crippen LogP contribution is -2.77. The molecule has 0 N–H and O–H groups in total. The zero-order valence-electron chi connectivity index (χ0n) is 20.1. The van der Waals surface area contributed by atoms with Crippen LogP contribution >= 0.6 is 0 Å². The van der Waals surface area contributed by atoms with E-state index in [0.717, 1.165) is 38.3 Å². The van der Waals surface area contributed by atoms with Gasteiger partial charge in [0.1, 0.15) is 0 Å². The molecule has 0 amide bonds. The molecule has 0 radical (unpaired) electrons. The highest BCUT2D eigenvalue weighted by Gasteiger charge is 2.48. The van der Waals surface area contributed by atoms with Crippen molar-refractivity contribution in [1.82, 2.24) is 19.9 Å². The van der Waals surface area contributed by atoms with Gasteiger partial charge >= 0.3 is 0 Å². The SMILES string of the molecule is c1ccc(-c2cccnc2[Si](c2ccccc2)(c2ccccn2)c2ncccc2-c2ccccn2)cc1. The van der Waals surface area contributed by atoms with E-state index in [1.165, 1.54) is 5.19 Å². The van der Waals surface area contributed by atoms with E-state index in [-0.39, 0.29) is 0 Å². The van der Waals surface area contributed by atoms with E-state index in [1.54, 1.807) is 0 Å². The lowest BCUT2D eigenvalue weighted by molar-refractivity contribution is 1.29. The highest BCUT2D eigenvalue weighted by molar-refractivity contribution is 7.19. The third kappa shape index (κ3) is 4.05. The molecular weight excluding hydrogens is 468 g/mol. The molecule has 4 heterocycles. The van der Waals surface area contributed by atoms with E-state index in [2.05, 4.69) is 78.9 Å². The summed E-state index contributed by atoms with van der Waals surface area (Å²) in [5.74, 6) is 0. The summed E-state index contributed by atoms with van der Waals surface area (Å²) in [7, 11) is -3.13. The van der Waals surface area contributed by atoms with Gasteiger partial charge in [0.05, 0.1) is 16.3 Å². The first kappa shape index (κ1) is 22.7. The van der Waals surface area contributed by atoms with Gasteiger partial charge in [0.25, 0.3) is 0 Å². The number of benzene rings is 2. The van der Waals surface area contributed by atoms with Gasteiger partial charge in [0.15, 0.2) is 0 Å². The summed E-state index contributed by atoms with van der Waals surface area (Å²) >= 11 is 0. The number of nitrogens with zero attached hydrogens (tertiary/aromatic N) is 4. The van der Waals surface area contributed by atoms with Gasteiger partial charge in [-0.15, -0.1) is 0 Å². The molecule has 1 unspecified atom stereocenters. The van der Waals surface area contributed by atoms with Crippen LogP contribution in [0.25, 0.3) is 22.4 Å². The zero-order chi connectivity index (χ0) is 24.9. The Balaban J connectivity index is 1.80. The lowest BCUT2D eigenvalue weighted by atomic mass is 10.1. The molecule has 176 valence electrons. The van der Waals surface area contributed by atoms with Gasteiger partial charge in [-0.05, 0) is 53.2 Å². The van der Waals surface area contributed by atoms with Crippen LogP contribution in [-0.2, 0) is 0 Å². The Bertz CT molecular complexity index is 1480. The predicted molar refractivity (Wildman–Crippen MR) is 152 cm³/mol. The third-order valence-corrected chi connectivity index (χ3v) is 11.1. The smallest absolute Gasteiger partial charge is 0.245 e. The summed E-state index contributed by atoms with van der Waals surface area (Å²) in [4.78, 5) is 20.0. The molecule has 0 bridgehead atoms. The molecule has 2 aromatic carbocycles. The van der Waals surface area contributed by atoms with Crippen LogP contribution in [0.2, 0.25) is 0 Å². The van der Waals surface area contributed by atoms with Crippen molar-refractivity contribution in [1.29, 1.82) is 0 Å². The topological polar surface area (TPSA) is 51.6 Å². The molecule has 6 rings (SSSR count). The Kier molecular flexibility index (Phi) is 6.19. The maximum atomic E-state index is 5.15. The van der Waals surface area contributed by atoms with Crippen LogP contribution in [0.4, 0.5) is 0 Å². The number of hydrogen-bond donors (Lipinski definition) is 0. The van der Waals surface area contributed by atoms with Crippen molar-refractivity contribution >= 4 is 29.2 Å². The molecule has 0 fully saturated rings. The van der Waals surface area contributed by atoms with Gasteiger partial charge in [0.2, 0.25) is 8.07 Å². The minimum Gasteiger partial charge on any atom is -0.265 e.